The van der Waals surface area contributed by atoms with Crippen LogP contribution in [0.25, 0.3) is 23.0 Å². The number of hydrogen-bond donors (Lipinski definition) is 0. The molecule has 0 spiro atoms. The van der Waals surface area contributed by atoms with Gasteiger partial charge in [0.2, 0.25) is 5.91 Å². The van der Waals surface area contributed by atoms with E-state index >= 15 is 0 Å². The molecule has 0 N–H and O–H groups in total. The van der Waals surface area contributed by atoms with Crippen molar-refractivity contribution in [3.8, 4) is 22.7 Å². The molecule has 3 rings (SSSR count). The number of methoxy groups -OCH3 is 1. The summed E-state index contributed by atoms with van der Waals surface area (Å²) < 4.78 is 46.2. The van der Waals surface area contributed by atoms with Gasteiger partial charge in [0.05, 0.1) is 18.5 Å². The summed E-state index contributed by atoms with van der Waals surface area (Å²) in [6.45, 7) is 0. The summed E-state index contributed by atoms with van der Waals surface area (Å²) >= 11 is 0. The Morgan fingerprint density at radius 1 is 1.07 bits per heavy atom. The van der Waals surface area contributed by atoms with Crippen molar-refractivity contribution in [2.24, 2.45) is 0 Å². The van der Waals surface area contributed by atoms with Gasteiger partial charge in [-0.15, -0.1) is 0 Å². The van der Waals surface area contributed by atoms with Gasteiger partial charge in [-0.1, -0.05) is 24.3 Å². The Morgan fingerprint density at radius 2 is 1.70 bits per heavy atom. The summed E-state index contributed by atoms with van der Waals surface area (Å²) in [5, 5.41) is 3.77. The van der Waals surface area contributed by atoms with Crippen molar-refractivity contribution in [1.29, 1.82) is 0 Å². The largest absolute Gasteiger partial charge is 0.497 e. The van der Waals surface area contributed by atoms with E-state index < -0.39 is 11.9 Å². The Kier molecular flexibility index (Phi) is 5.96. The fourth-order valence-electron chi connectivity index (χ4n) is 2.73. The summed E-state index contributed by atoms with van der Waals surface area (Å²) in [5.41, 5.74) is 1.11. The number of hydrogen-bond acceptors (Lipinski definition) is 3. The van der Waals surface area contributed by atoms with Gasteiger partial charge in [-0.3, -0.25) is 4.79 Å². The molecule has 2 aromatic carbocycles. The molecule has 0 saturated heterocycles. The van der Waals surface area contributed by atoms with E-state index in [-0.39, 0.29) is 5.91 Å². The van der Waals surface area contributed by atoms with E-state index in [2.05, 4.69) is 5.10 Å². The van der Waals surface area contributed by atoms with Gasteiger partial charge in [0, 0.05) is 25.7 Å². The number of carbonyl (C=O) groups is 1. The van der Waals surface area contributed by atoms with Crippen LogP contribution in [-0.2, 0) is 11.0 Å². The Hall–Kier alpha value is -3.55. The highest BCUT2D eigenvalue weighted by atomic mass is 19.4. The van der Waals surface area contributed by atoms with E-state index in [1.54, 1.807) is 68.7 Å². The minimum absolute atomic E-state index is 0.161. The van der Waals surface area contributed by atoms with E-state index in [9.17, 15) is 18.0 Å². The minimum Gasteiger partial charge on any atom is -0.497 e. The van der Waals surface area contributed by atoms with Gasteiger partial charge in [-0.05, 0) is 42.0 Å². The molecule has 0 aliphatic rings. The van der Waals surface area contributed by atoms with Gasteiger partial charge in [0.15, 0.2) is 5.69 Å². The molecule has 1 amide bonds. The summed E-state index contributed by atoms with van der Waals surface area (Å²) in [4.78, 5) is 13.1. The van der Waals surface area contributed by atoms with Crippen molar-refractivity contribution in [3.05, 3.63) is 71.9 Å². The predicted molar refractivity (Wildman–Crippen MR) is 108 cm³/mol. The average molecular weight is 415 g/mol. The molecule has 0 saturated carbocycles. The molecule has 0 unspecified atom stereocenters. The molecular formula is C22H20F3N3O2. The van der Waals surface area contributed by atoms with Gasteiger partial charge in [-0.25, -0.2) is 4.68 Å². The van der Waals surface area contributed by atoms with Crippen molar-refractivity contribution >= 4 is 12.0 Å². The maximum Gasteiger partial charge on any atom is 0.435 e. The molecule has 156 valence electrons. The van der Waals surface area contributed by atoms with E-state index in [1.807, 2.05) is 0 Å². The number of aromatic nitrogens is 2. The normalized spacial score (nSPS) is 11.7. The number of halogens is 3. The number of alkyl halides is 3. The zero-order valence-corrected chi connectivity index (χ0v) is 16.6. The minimum atomic E-state index is -4.57. The molecule has 3 aromatic rings. The second-order valence-electron chi connectivity index (χ2n) is 6.71. The first-order valence-electron chi connectivity index (χ1n) is 9.00. The van der Waals surface area contributed by atoms with Crippen molar-refractivity contribution in [1.82, 2.24) is 14.7 Å². The van der Waals surface area contributed by atoms with Crippen LogP contribution in [0, 0.1) is 0 Å². The number of nitrogens with zero attached hydrogens (tertiary/aromatic N) is 3. The molecule has 0 fully saturated rings. The second-order valence-corrected chi connectivity index (χ2v) is 6.71. The molecule has 0 radical (unpaired) electrons. The Morgan fingerprint density at radius 3 is 2.23 bits per heavy atom. The Labute approximate surface area is 172 Å². The van der Waals surface area contributed by atoms with Crippen LogP contribution in [0.3, 0.4) is 0 Å². The van der Waals surface area contributed by atoms with Gasteiger partial charge in [0.1, 0.15) is 5.75 Å². The van der Waals surface area contributed by atoms with Crippen LogP contribution in [0.1, 0.15) is 11.3 Å². The summed E-state index contributed by atoms with van der Waals surface area (Å²) in [6, 6.07) is 14.5. The summed E-state index contributed by atoms with van der Waals surface area (Å²) in [7, 11) is 4.81. The second kappa shape index (κ2) is 8.44. The first kappa shape index (κ1) is 21.2. The molecule has 30 heavy (non-hydrogen) atoms. The number of likely N-dealkylation sites (N-methyl/N-ethyl adjacent to an activating group) is 1. The molecule has 0 atom stereocenters. The lowest BCUT2D eigenvalue weighted by molar-refractivity contribution is -0.141. The molecular weight excluding hydrogens is 395 g/mol. The highest BCUT2D eigenvalue weighted by molar-refractivity contribution is 5.91. The van der Waals surface area contributed by atoms with Crippen LogP contribution in [0.4, 0.5) is 13.2 Å². The zero-order chi connectivity index (χ0) is 21.9. The molecule has 8 heteroatoms. The SMILES string of the molecule is COc1ccc(-n2nc(C(F)(F)F)cc2-c2ccc(C=CC(=O)N(C)C)cc2)cc1. The Bertz CT molecular complexity index is 1050. The third kappa shape index (κ3) is 4.71. The van der Waals surface area contributed by atoms with E-state index in [0.717, 1.165) is 11.6 Å². The van der Waals surface area contributed by atoms with Crippen LogP contribution >= 0.6 is 0 Å². The van der Waals surface area contributed by atoms with Gasteiger partial charge in [0.25, 0.3) is 0 Å². The number of benzene rings is 2. The monoisotopic (exact) mass is 415 g/mol. The molecule has 1 heterocycles. The smallest absolute Gasteiger partial charge is 0.435 e. The average Bonchev–Trinajstić information content (AvgIpc) is 3.18. The molecule has 1 aromatic heterocycles. The van der Waals surface area contributed by atoms with Crippen LogP contribution in [0.5, 0.6) is 5.75 Å². The number of amides is 1. The van der Waals surface area contributed by atoms with Crippen molar-refractivity contribution in [3.63, 3.8) is 0 Å². The van der Waals surface area contributed by atoms with Gasteiger partial charge in [-0.2, -0.15) is 18.3 Å². The van der Waals surface area contributed by atoms with Crippen molar-refractivity contribution in [2.45, 2.75) is 6.18 Å². The number of ether oxygens (including phenoxy) is 1. The van der Waals surface area contributed by atoms with Gasteiger partial charge >= 0.3 is 6.18 Å². The number of rotatable bonds is 5. The zero-order valence-electron chi connectivity index (χ0n) is 16.6. The highest BCUT2D eigenvalue weighted by Gasteiger charge is 2.35. The fourth-order valence-corrected chi connectivity index (χ4v) is 2.73. The standard InChI is InChI=1S/C22H20F3N3O2/c1-27(2)21(29)13-6-15-4-7-16(8-5-15)19-14-20(22(23,24)25)26-28(19)17-9-11-18(30-3)12-10-17/h4-14H,1-3H3. The highest BCUT2D eigenvalue weighted by Crippen LogP contribution is 2.33. The molecule has 5 nitrogen and oxygen atoms in total. The molecule has 0 bridgehead atoms. The predicted octanol–water partition coefficient (Wildman–Crippen LogP) is 4.67. The maximum absolute atomic E-state index is 13.3. The van der Waals surface area contributed by atoms with Gasteiger partial charge < -0.3 is 9.64 Å². The third-order valence-electron chi connectivity index (χ3n) is 4.38. The fraction of sp³-hybridized carbons (Fsp3) is 0.182. The van der Waals surface area contributed by atoms with Crippen molar-refractivity contribution in [2.75, 3.05) is 21.2 Å². The van der Waals surface area contributed by atoms with E-state index in [0.29, 0.717) is 22.7 Å². The Balaban J connectivity index is 1.99. The van der Waals surface area contributed by atoms with Crippen LogP contribution in [-0.4, -0.2) is 41.8 Å². The lowest BCUT2D eigenvalue weighted by Crippen LogP contribution is -2.18. The topological polar surface area (TPSA) is 47.4 Å². The van der Waals surface area contributed by atoms with Crippen molar-refractivity contribution < 1.29 is 22.7 Å². The molecule has 0 aliphatic heterocycles. The van der Waals surface area contributed by atoms with Crippen LogP contribution in [0.2, 0.25) is 0 Å². The maximum atomic E-state index is 13.3. The van der Waals surface area contributed by atoms with E-state index in [4.69, 9.17) is 4.74 Å². The first-order chi connectivity index (χ1) is 14.2. The van der Waals surface area contributed by atoms with Crippen LogP contribution in [0.15, 0.2) is 60.7 Å². The lowest BCUT2D eigenvalue weighted by atomic mass is 10.1. The number of carbonyl (C=O) groups excluding carboxylic acids is 1. The molecule has 0 aliphatic carbocycles. The van der Waals surface area contributed by atoms with Crippen LogP contribution < -0.4 is 4.74 Å². The first-order valence-corrected chi connectivity index (χ1v) is 9.00. The summed E-state index contributed by atoms with van der Waals surface area (Å²) in [6.07, 6.45) is -1.49. The lowest BCUT2D eigenvalue weighted by Gasteiger charge is -2.09. The quantitative estimate of drug-likeness (QED) is 0.569. The third-order valence-corrected chi connectivity index (χ3v) is 4.38. The summed E-state index contributed by atoms with van der Waals surface area (Å²) in [5.74, 6) is 0.429. The van der Waals surface area contributed by atoms with E-state index in [1.165, 1.54) is 22.8 Å².